The maximum atomic E-state index is 12.3. The van der Waals surface area contributed by atoms with Gasteiger partial charge in [-0.25, -0.2) is 0 Å². The second-order valence-corrected chi connectivity index (χ2v) is 8.17. The van der Waals surface area contributed by atoms with Crippen molar-refractivity contribution in [1.82, 2.24) is 5.32 Å². The van der Waals surface area contributed by atoms with Crippen LogP contribution in [0.1, 0.15) is 21.5 Å². The quantitative estimate of drug-likeness (QED) is 0.830. The molecule has 3 rings (SSSR count). The number of nitrogens with zero attached hydrogens (tertiary/aromatic N) is 1. The summed E-state index contributed by atoms with van der Waals surface area (Å²) in [7, 11) is 0. The fourth-order valence-electron chi connectivity index (χ4n) is 2.85. The van der Waals surface area contributed by atoms with E-state index in [0.29, 0.717) is 12.1 Å². The summed E-state index contributed by atoms with van der Waals surface area (Å²) in [5.41, 5.74) is 4.37. The number of carbonyl (C=O) groups is 1. The number of hydrogen-bond donors (Lipinski definition) is 1. The fraction of sp³-hybridized carbons (Fsp3) is 0.350. The number of rotatable bonds is 6. The summed E-state index contributed by atoms with van der Waals surface area (Å²) in [5, 5.41) is 3.00. The van der Waals surface area contributed by atoms with Gasteiger partial charge in [-0.05, 0) is 41.6 Å². The Balaban J connectivity index is 1.53. The van der Waals surface area contributed by atoms with Crippen molar-refractivity contribution in [2.75, 3.05) is 35.8 Å². The Hall–Kier alpha value is -1.59. The van der Waals surface area contributed by atoms with Gasteiger partial charge in [0.15, 0.2) is 0 Å². The minimum Gasteiger partial charge on any atom is -0.370 e. The van der Waals surface area contributed by atoms with Crippen LogP contribution in [0.25, 0.3) is 0 Å². The molecule has 25 heavy (non-hydrogen) atoms. The molecule has 0 bridgehead atoms. The first-order valence-corrected chi connectivity index (χ1v) is 11.1. The third kappa shape index (κ3) is 5.19. The molecule has 0 spiro atoms. The van der Waals surface area contributed by atoms with Crippen LogP contribution in [0.15, 0.2) is 48.5 Å². The van der Waals surface area contributed by atoms with E-state index >= 15 is 0 Å². The van der Waals surface area contributed by atoms with Gasteiger partial charge in [-0.15, -0.1) is 0 Å². The number of hydrogen-bond acceptors (Lipinski definition) is 4. The predicted octanol–water partition coefficient (Wildman–Crippen LogP) is 4.03. The molecule has 1 saturated heterocycles. The number of anilines is 1. The van der Waals surface area contributed by atoms with Crippen molar-refractivity contribution in [3.05, 3.63) is 65.2 Å². The highest BCUT2D eigenvalue weighted by atomic mass is 32.2. The second kappa shape index (κ2) is 9.20. The standard InChI is InChI=1S/C20H24N2OS2/c1-24-15-17-2-6-18(7-3-17)20(23)21-14-16-4-8-19(9-5-16)22-10-12-25-13-11-22/h2-9H,10-15H2,1H3,(H,21,23). The molecular weight excluding hydrogens is 348 g/mol. The van der Waals surface area contributed by atoms with Crippen molar-refractivity contribution in [3.63, 3.8) is 0 Å². The van der Waals surface area contributed by atoms with Gasteiger partial charge in [0.25, 0.3) is 5.91 Å². The lowest BCUT2D eigenvalue weighted by Crippen LogP contribution is -2.32. The zero-order valence-corrected chi connectivity index (χ0v) is 16.2. The van der Waals surface area contributed by atoms with E-state index in [1.165, 1.54) is 22.8 Å². The van der Waals surface area contributed by atoms with Crippen LogP contribution in [-0.4, -0.2) is 36.8 Å². The van der Waals surface area contributed by atoms with Crippen LogP contribution >= 0.6 is 23.5 Å². The topological polar surface area (TPSA) is 32.3 Å². The molecule has 0 aromatic heterocycles. The lowest BCUT2D eigenvalue weighted by molar-refractivity contribution is 0.0951. The summed E-state index contributed by atoms with van der Waals surface area (Å²) < 4.78 is 0. The predicted molar refractivity (Wildman–Crippen MR) is 111 cm³/mol. The molecule has 1 fully saturated rings. The molecule has 0 unspecified atom stereocenters. The average molecular weight is 373 g/mol. The van der Waals surface area contributed by atoms with Gasteiger partial charge in [-0.1, -0.05) is 24.3 Å². The molecule has 0 atom stereocenters. The van der Waals surface area contributed by atoms with Crippen LogP contribution in [0.5, 0.6) is 0 Å². The minimum atomic E-state index is -0.0205. The van der Waals surface area contributed by atoms with Crippen molar-refractivity contribution in [3.8, 4) is 0 Å². The van der Waals surface area contributed by atoms with Crippen LogP contribution in [-0.2, 0) is 12.3 Å². The van der Waals surface area contributed by atoms with Crippen molar-refractivity contribution >= 4 is 35.1 Å². The molecule has 1 amide bonds. The first-order chi connectivity index (χ1) is 12.3. The fourth-order valence-corrected chi connectivity index (χ4v) is 4.28. The Morgan fingerprint density at radius 2 is 1.68 bits per heavy atom. The third-order valence-electron chi connectivity index (χ3n) is 4.29. The Labute approximate surface area is 158 Å². The Morgan fingerprint density at radius 1 is 1.04 bits per heavy atom. The SMILES string of the molecule is CSCc1ccc(C(=O)NCc2ccc(N3CCSCC3)cc2)cc1. The van der Waals surface area contributed by atoms with E-state index in [1.54, 1.807) is 11.8 Å². The van der Waals surface area contributed by atoms with E-state index in [4.69, 9.17) is 0 Å². The van der Waals surface area contributed by atoms with Gasteiger partial charge < -0.3 is 10.2 Å². The highest BCUT2D eigenvalue weighted by molar-refractivity contribution is 7.99. The summed E-state index contributed by atoms with van der Waals surface area (Å²) in [6.45, 7) is 2.79. The van der Waals surface area contributed by atoms with E-state index in [2.05, 4.69) is 40.7 Å². The van der Waals surface area contributed by atoms with Gasteiger partial charge in [0.05, 0.1) is 0 Å². The largest absolute Gasteiger partial charge is 0.370 e. The van der Waals surface area contributed by atoms with Gasteiger partial charge >= 0.3 is 0 Å². The molecule has 2 aromatic carbocycles. The minimum absolute atomic E-state index is 0.0205. The summed E-state index contributed by atoms with van der Waals surface area (Å²) in [4.78, 5) is 14.7. The van der Waals surface area contributed by atoms with E-state index in [9.17, 15) is 4.79 Å². The second-order valence-electron chi connectivity index (χ2n) is 6.08. The number of thioether (sulfide) groups is 2. The van der Waals surface area contributed by atoms with Crippen molar-refractivity contribution in [2.45, 2.75) is 12.3 Å². The van der Waals surface area contributed by atoms with E-state index in [0.717, 1.165) is 24.4 Å². The Morgan fingerprint density at radius 3 is 2.32 bits per heavy atom. The average Bonchev–Trinajstić information content (AvgIpc) is 2.68. The van der Waals surface area contributed by atoms with Crippen LogP contribution < -0.4 is 10.2 Å². The normalized spacial score (nSPS) is 14.4. The van der Waals surface area contributed by atoms with Crippen molar-refractivity contribution in [1.29, 1.82) is 0 Å². The van der Waals surface area contributed by atoms with E-state index < -0.39 is 0 Å². The van der Waals surface area contributed by atoms with Crippen LogP contribution in [0.3, 0.4) is 0 Å². The summed E-state index contributed by atoms with van der Waals surface area (Å²) in [6, 6.07) is 16.4. The van der Waals surface area contributed by atoms with E-state index in [1.807, 2.05) is 36.0 Å². The number of nitrogens with one attached hydrogen (secondary N) is 1. The molecule has 1 N–H and O–H groups in total. The zero-order valence-electron chi connectivity index (χ0n) is 14.5. The van der Waals surface area contributed by atoms with Gasteiger partial charge in [0.2, 0.25) is 0 Å². The Bertz CT molecular complexity index is 680. The molecule has 5 heteroatoms. The van der Waals surface area contributed by atoms with Crippen LogP contribution in [0.2, 0.25) is 0 Å². The molecule has 132 valence electrons. The zero-order chi connectivity index (χ0) is 17.5. The molecule has 3 nitrogen and oxygen atoms in total. The number of carbonyl (C=O) groups excluding carboxylic acids is 1. The molecule has 0 radical (unpaired) electrons. The molecular formula is C20H24N2OS2. The van der Waals surface area contributed by atoms with Crippen molar-refractivity contribution in [2.24, 2.45) is 0 Å². The number of benzene rings is 2. The summed E-state index contributed by atoms with van der Waals surface area (Å²) in [6.07, 6.45) is 2.08. The van der Waals surface area contributed by atoms with Gasteiger partial charge in [-0.3, -0.25) is 4.79 Å². The monoisotopic (exact) mass is 372 g/mol. The smallest absolute Gasteiger partial charge is 0.251 e. The molecule has 1 aliphatic rings. The maximum absolute atomic E-state index is 12.3. The van der Waals surface area contributed by atoms with Crippen molar-refractivity contribution < 1.29 is 4.79 Å². The van der Waals surface area contributed by atoms with Gasteiger partial charge in [0.1, 0.15) is 0 Å². The Kier molecular flexibility index (Phi) is 6.70. The highest BCUT2D eigenvalue weighted by Crippen LogP contribution is 2.20. The molecule has 1 heterocycles. The highest BCUT2D eigenvalue weighted by Gasteiger charge is 2.11. The molecule has 1 aliphatic heterocycles. The lowest BCUT2D eigenvalue weighted by atomic mass is 10.1. The number of amides is 1. The molecule has 2 aromatic rings. The van der Waals surface area contributed by atoms with Gasteiger partial charge in [-0.2, -0.15) is 23.5 Å². The maximum Gasteiger partial charge on any atom is 0.251 e. The first-order valence-electron chi connectivity index (χ1n) is 8.54. The van der Waals surface area contributed by atoms with E-state index in [-0.39, 0.29) is 5.91 Å². The first kappa shape index (κ1) is 18.2. The van der Waals surface area contributed by atoms with Gasteiger partial charge in [0, 0.05) is 48.1 Å². The molecule has 0 saturated carbocycles. The van der Waals surface area contributed by atoms with Crippen LogP contribution in [0, 0.1) is 0 Å². The summed E-state index contributed by atoms with van der Waals surface area (Å²) >= 11 is 3.80. The van der Waals surface area contributed by atoms with Crippen LogP contribution in [0.4, 0.5) is 5.69 Å². The molecule has 0 aliphatic carbocycles. The third-order valence-corrected chi connectivity index (χ3v) is 5.86. The lowest BCUT2D eigenvalue weighted by Gasteiger charge is -2.28. The summed E-state index contributed by atoms with van der Waals surface area (Å²) in [5.74, 6) is 3.36.